The molecule has 0 saturated heterocycles. The minimum absolute atomic E-state index is 0.0279. The number of halogens is 1. The highest BCUT2D eigenvalue weighted by atomic mass is 79.9. The molecule has 1 rings (SSSR count). The van der Waals surface area contributed by atoms with E-state index < -0.39 is 0 Å². The Morgan fingerprint density at radius 2 is 2.31 bits per heavy atom. The molecule has 1 aromatic carbocycles. The molecule has 0 atom stereocenters. The maximum atomic E-state index is 10.6. The Labute approximate surface area is 103 Å². The summed E-state index contributed by atoms with van der Waals surface area (Å²) in [5, 5.41) is 12.3. The summed E-state index contributed by atoms with van der Waals surface area (Å²) in [6.07, 6.45) is 4.50. The highest BCUT2D eigenvalue weighted by Crippen LogP contribution is 2.23. The molecule has 0 aliphatic heterocycles. The summed E-state index contributed by atoms with van der Waals surface area (Å²) in [5.41, 5.74) is 0.769. The van der Waals surface area contributed by atoms with Gasteiger partial charge in [-0.2, -0.15) is 0 Å². The van der Waals surface area contributed by atoms with E-state index in [-0.39, 0.29) is 11.7 Å². The number of phenolic OH excluding ortho intramolecular Hbond substituents is 1. The first-order valence-electron chi connectivity index (χ1n) is 4.99. The summed E-state index contributed by atoms with van der Waals surface area (Å²) < 4.78 is 0.848. The van der Waals surface area contributed by atoms with Crippen molar-refractivity contribution in [1.82, 2.24) is 5.32 Å². The summed E-state index contributed by atoms with van der Waals surface area (Å²) in [4.78, 5) is 10.6. The Bertz CT molecular complexity index is 402. The van der Waals surface area contributed by atoms with Gasteiger partial charge in [-0.3, -0.25) is 4.79 Å². The van der Waals surface area contributed by atoms with Crippen molar-refractivity contribution >= 4 is 27.9 Å². The number of hydrogen-bond acceptors (Lipinski definition) is 2. The standard InChI is InChI=1S/C12H14BrNO2/c1-9(15)14-7-3-2-4-10-5-6-11(13)8-12(10)16/h2,4-6,8,16H,3,7H2,1H3,(H,14,15). The lowest BCUT2D eigenvalue weighted by molar-refractivity contribution is -0.118. The lowest BCUT2D eigenvalue weighted by Gasteiger charge is -2.00. The number of rotatable bonds is 4. The number of nitrogens with one attached hydrogen (secondary N) is 1. The molecule has 0 radical (unpaired) electrons. The molecule has 16 heavy (non-hydrogen) atoms. The fourth-order valence-corrected chi connectivity index (χ4v) is 1.55. The van der Waals surface area contributed by atoms with Crippen LogP contribution < -0.4 is 5.32 Å². The van der Waals surface area contributed by atoms with Crippen LogP contribution in [0.5, 0.6) is 5.75 Å². The molecule has 2 N–H and O–H groups in total. The van der Waals surface area contributed by atoms with Gasteiger partial charge < -0.3 is 10.4 Å². The van der Waals surface area contributed by atoms with Crippen LogP contribution in [-0.2, 0) is 4.79 Å². The van der Waals surface area contributed by atoms with Crippen molar-refractivity contribution in [1.29, 1.82) is 0 Å². The summed E-state index contributed by atoms with van der Waals surface area (Å²) in [6, 6.07) is 5.34. The fraction of sp³-hybridized carbons (Fsp3) is 0.250. The van der Waals surface area contributed by atoms with Crippen molar-refractivity contribution in [3.05, 3.63) is 34.3 Å². The second-order valence-corrected chi connectivity index (χ2v) is 4.29. The predicted octanol–water partition coefficient (Wildman–Crippen LogP) is 2.69. The Kier molecular flexibility index (Phi) is 5.05. The van der Waals surface area contributed by atoms with Gasteiger partial charge in [0.2, 0.25) is 5.91 Å². The van der Waals surface area contributed by atoms with E-state index in [4.69, 9.17) is 0 Å². The summed E-state index contributed by atoms with van der Waals surface area (Å²) >= 11 is 3.27. The largest absolute Gasteiger partial charge is 0.507 e. The van der Waals surface area contributed by atoms with Gasteiger partial charge in [0.15, 0.2) is 0 Å². The van der Waals surface area contributed by atoms with Gasteiger partial charge in [-0.05, 0) is 18.6 Å². The Morgan fingerprint density at radius 1 is 1.56 bits per heavy atom. The SMILES string of the molecule is CC(=O)NCCC=Cc1ccc(Br)cc1O. The number of aromatic hydroxyl groups is 1. The second kappa shape index (κ2) is 6.33. The third-order valence-corrected chi connectivity index (χ3v) is 2.47. The van der Waals surface area contributed by atoms with Gasteiger partial charge >= 0.3 is 0 Å². The molecule has 0 spiro atoms. The number of hydrogen-bond donors (Lipinski definition) is 2. The average molecular weight is 284 g/mol. The zero-order valence-electron chi connectivity index (χ0n) is 9.03. The van der Waals surface area contributed by atoms with Crippen LogP contribution in [0.4, 0.5) is 0 Å². The van der Waals surface area contributed by atoms with E-state index in [0.717, 1.165) is 16.5 Å². The van der Waals surface area contributed by atoms with Crippen LogP contribution in [0.2, 0.25) is 0 Å². The Balaban J connectivity index is 2.47. The Hall–Kier alpha value is -1.29. The van der Waals surface area contributed by atoms with Crippen molar-refractivity contribution in [3.63, 3.8) is 0 Å². The lowest BCUT2D eigenvalue weighted by Crippen LogP contribution is -2.20. The van der Waals surface area contributed by atoms with Gasteiger partial charge in [-0.15, -0.1) is 0 Å². The van der Waals surface area contributed by atoms with E-state index in [9.17, 15) is 9.90 Å². The molecule has 4 heteroatoms. The third kappa shape index (κ3) is 4.49. The molecule has 1 amide bonds. The smallest absolute Gasteiger partial charge is 0.216 e. The lowest BCUT2D eigenvalue weighted by atomic mass is 10.2. The first kappa shape index (κ1) is 12.8. The fourth-order valence-electron chi connectivity index (χ4n) is 1.20. The van der Waals surface area contributed by atoms with E-state index in [1.165, 1.54) is 6.92 Å². The summed E-state index contributed by atoms with van der Waals surface area (Å²) in [5.74, 6) is 0.213. The molecule has 3 nitrogen and oxygen atoms in total. The molecular weight excluding hydrogens is 270 g/mol. The van der Waals surface area contributed by atoms with E-state index in [1.54, 1.807) is 6.07 Å². The van der Waals surface area contributed by atoms with Crippen LogP contribution in [0.3, 0.4) is 0 Å². The number of benzene rings is 1. The van der Waals surface area contributed by atoms with Crippen LogP contribution in [0, 0.1) is 0 Å². The maximum Gasteiger partial charge on any atom is 0.216 e. The van der Waals surface area contributed by atoms with Crippen LogP contribution >= 0.6 is 15.9 Å². The third-order valence-electron chi connectivity index (χ3n) is 1.97. The van der Waals surface area contributed by atoms with Gasteiger partial charge in [0.1, 0.15) is 5.75 Å². The monoisotopic (exact) mass is 283 g/mol. The molecule has 86 valence electrons. The van der Waals surface area contributed by atoms with Crippen molar-refractivity contribution in [2.24, 2.45) is 0 Å². The highest BCUT2D eigenvalue weighted by molar-refractivity contribution is 9.10. The quantitative estimate of drug-likeness (QED) is 0.835. The van der Waals surface area contributed by atoms with Crippen molar-refractivity contribution < 1.29 is 9.90 Å². The molecule has 0 heterocycles. The van der Waals surface area contributed by atoms with Crippen LogP contribution in [-0.4, -0.2) is 17.6 Å². The highest BCUT2D eigenvalue weighted by Gasteiger charge is 1.97. The molecule has 0 aliphatic carbocycles. The molecule has 0 bridgehead atoms. The molecule has 0 unspecified atom stereocenters. The maximum absolute atomic E-state index is 10.6. The first-order valence-corrected chi connectivity index (χ1v) is 5.78. The molecular formula is C12H14BrNO2. The summed E-state index contributed by atoms with van der Waals surface area (Å²) in [6.45, 7) is 2.10. The van der Waals surface area contributed by atoms with Crippen molar-refractivity contribution in [2.45, 2.75) is 13.3 Å². The summed E-state index contributed by atoms with van der Waals surface area (Å²) in [7, 11) is 0. The minimum atomic E-state index is -0.0279. The number of phenols is 1. The van der Waals surface area contributed by atoms with E-state index in [1.807, 2.05) is 24.3 Å². The number of carbonyl (C=O) groups is 1. The van der Waals surface area contributed by atoms with Gasteiger partial charge in [-0.25, -0.2) is 0 Å². The van der Waals surface area contributed by atoms with E-state index in [2.05, 4.69) is 21.2 Å². The molecule has 0 fully saturated rings. The van der Waals surface area contributed by atoms with Crippen molar-refractivity contribution in [2.75, 3.05) is 6.54 Å². The first-order chi connectivity index (χ1) is 7.59. The van der Waals surface area contributed by atoms with Crippen LogP contribution in [0.25, 0.3) is 6.08 Å². The van der Waals surface area contributed by atoms with Gasteiger partial charge in [0.05, 0.1) is 0 Å². The minimum Gasteiger partial charge on any atom is -0.507 e. The topological polar surface area (TPSA) is 49.3 Å². The number of carbonyl (C=O) groups excluding carboxylic acids is 1. The molecule has 1 aromatic rings. The average Bonchev–Trinajstić information content (AvgIpc) is 2.20. The normalized spacial score (nSPS) is 10.6. The predicted molar refractivity (Wildman–Crippen MR) is 68.1 cm³/mol. The van der Waals surface area contributed by atoms with Crippen molar-refractivity contribution in [3.8, 4) is 5.75 Å². The molecule has 0 aromatic heterocycles. The van der Waals surface area contributed by atoms with E-state index >= 15 is 0 Å². The van der Waals surface area contributed by atoms with Gasteiger partial charge in [-0.1, -0.05) is 34.1 Å². The zero-order valence-corrected chi connectivity index (χ0v) is 10.6. The van der Waals surface area contributed by atoms with Gasteiger partial charge in [0.25, 0.3) is 0 Å². The van der Waals surface area contributed by atoms with Crippen LogP contribution in [0.15, 0.2) is 28.7 Å². The second-order valence-electron chi connectivity index (χ2n) is 3.38. The molecule has 0 saturated carbocycles. The molecule has 0 aliphatic rings. The van der Waals surface area contributed by atoms with Crippen LogP contribution in [0.1, 0.15) is 18.9 Å². The zero-order chi connectivity index (χ0) is 12.0. The van der Waals surface area contributed by atoms with E-state index in [0.29, 0.717) is 6.54 Å². The van der Waals surface area contributed by atoms with Gasteiger partial charge in [0, 0.05) is 23.5 Å². The number of amides is 1. The Morgan fingerprint density at radius 3 is 2.94 bits per heavy atom.